The molecule has 0 atom stereocenters. The number of piperazine rings is 1. The molecule has 2 aromatic rings. The number of carbonyl (C=O) groups is 1. The standard InChI is InChI=1S/C20H24FN3OS/c21-17-6-8-19(9-7-17)26-16-20(25)22-10-11-23-12-14-24(15-13-23)18-4-2-1-3-5-18/h1-9H,10-16H2,(H,22,25). The van der Waals surface area contributed by atoms with Gasteiger partial charge in [-0.05, 0) is 36.4 Å². The number of amides is 1. The molecular weight excluding hydrogens is 349 g/mol. The van der Waals surface area contributed by atoms with Crippen LogP contribution in [0.4, 0.5) is 10.1 Å². The highest BCUT2D eigenvalue weighted by Gasteiger charge is 2.16. The molecule has 1 aliphatic rings. The van der Waals surface area contributed by atoms with E-state index >= 15 is 0 Å². The first-order valence-corrected chi connectivity index (χ1v) is 9.87. The molecule has 1 N–H and O–H groups in total. The second-order valence-electron chi connectivity index (χ2n) is 6.26. The van der Waals surface area contributed by atoms with Crippen molar-refractivity contribution in [1.29, 1.82) is 0 Å². The van der Waals surface area contributed by atoms with Crippen molar-refractivity contribution in [3.8, 4) is 0 Å². The molecule has 0 aliphatic carbocycles. The number of hydrogen-bond donors (Lipinski definition) is 1. The zero-order valence-electron chi connectivity index (χ0n) is 14.7. The molecule has 0 unspecified atom stereocenters. The number of thioether (sulfide) groups is 1. The van der Waals surface area contributed by atoms with Crippen LogP contribution in [0.5, 0.6) is 0 Å². The molecule has 0 bridgehead atoms. The van der Waals surface area contributed by atoms with Crippen LogP contribution in [0.15, 0.2) is 59.5 Å². The Morgan fingerprint density at radius 2 is 1.69 bits per heavy atom. The van der Waals surface area contributed by atoms with Gasteiger partial charge in [-0.2, -0.15) is 0 Å². The van der Waals surface area contributed by atoms with Gasteiger partial charge in [0.15, 0.2) is 0 Å². The molecule has 3 rings (SSSR count). The van der Waals surface area contributed by atoms with Crippen LogP contribution in [-0.4, -0.2) is 55.8 Å². The van der Waals surface area contributed by atoms with Gasteiger partial charge in [0.1, 0.15) is 5.82 Å². The summed E-state index contributed by atoms with van der Waals surface area (Å²) in [7, 11) is 0. The maximum Gasteiger partial charge on any atom is 0.230 e. The molecule has 1 aliphatic heterocycles. The molecule has 0 aromatic heterocycles. The molecule has 26 heavy (non-hydrogen) atoms. The number of nitrogens with one attached hydrogen (secondary N) is 1. The summed E-state index contributed by atoms with van der Waals surface area (Å²) in [4.78, 5) is 17.6. The molecule has 0 spiro atoms. The number of rotatable bonds is 7. The van der Waals surface area contributed by atoms with Gasteiger partial charge in [-0.25, -0.2) is 4.39 Å². The quantitative estimate of drug-likeness (QED) is 0.757. The van der Waals surface area contributed by atoms with E-state index in [0.717, 1.165) is 37.6 Å². The lowest BCUT2D eigenvalue weighted by atomic mass is 10.2. The van der Waals surface area contributed by atoms with E-state index in [2.05, 4.69) is 39.4 Å². The highest BCUT2D eigenvalue weighted by atomic mass is 32.2. The molecule has 4 nitrogen and oxygen atoms in total. The normalized spacial score (nSPS) is 15.0. The lowest BCUT2D eigenvalue weighted by Crippen LogP contribution is -2.48. The Morgan fingerprint density at radius 1 is 1.00 bits per heavy atom. The zero-order chi connectivity index (χ0) is 18.2. The maximum atomic E-state index is 12.9. The van der Waals surface area contributed by atoms with Crippen molar-refractivity contribution in [3.05, 3.63) is 60.4 Å². The van der Waals surface area contributed by atoms with Gasteiger partial charge in [-0.15, -0.1) is 11.8 Å². The Balaban J connectivity index is 1.30. The first kappa shape index (κ1) is 18.7. The van der Waals surface area contributed by atoms with Crippen LogP contribution in [0.2, 0.25) is 0 Å². The number of halogens is 1. The van der Waals surface area contributed by atoms with Gasteiger partial charge in [0.2, 0.25) is 5.91 Å². The summed E-state index contributed by atoms with van der Waals surface area (Å²) in [5.41, 5.74) is 1.28. The van der Waals surface area contributed by atoms with E-state index < -0.39 is 0 Å². The number of carbonyl (C=O) groups excluding carboxylic acids is 1. The van der Waals surface area contributed by atoms with Gasteiger partial charge in [0.25, 0.3) is 0 Å². The van der Waals surface area contributed by atoms with Gasteiger partial charge in [-0.3, -0.25) is 9.69 Å². The number of nitrogens with zero attached hydrogens (tertiary/aromatic N) is 2. The number of anilines is 1. The third-order valence-corrected chi connectivity index (χ3v) is 5.44. The predicted octanol–water partition coefficient (Wildman–Crippen LogP) is 2.86. The lowest BCUT2D eigenvalue weighted by molar-refractivity contribution is -0.118. The van der Waals surface area contributed by atoms with Crippen molar-refractivity contribution in [3.63, 3.8) is 0 Å². The molecular formula is C20H24FN3OS. The summed E-state index contributed by atoms with van der Waals surface area (Å²) < 4.78 is 12.9. The highest BCUT2D eigenvalue weighted by Crippen LogP contribution is 2.17. The number of benzene rings is 2. The summed E-state index contributed by atoms with van der Waals surface area (Å²) >= 11 is 1.42. The minimum Gasteiger partial charge on any atom is -0.369 e. The molecule has 1 amide bonds. The van der Waals surface area contributed by atoms with Crippen molar-refractivity contribution in [2.24, 2.45) is 0 Å². The fourth-order valence-electron chi connectivity index (χ4n) is 2.95. The van der Waals surface area contributed by atoms with Crippen molar-refractivity contribution in [1.82, 2.24) is 10.2 Å². The smallest absolute Gasteiger partial charge is 0.230 e. The molecule has 1 heterocycles. The van der Waals surface area contributed by atoms with Crippen LogP contribution < -0.4 is 10.2 Å². The SMILES string of the molecule is O=C(CSc1ccc(F)cc1)NCCN1CCN(c2ccccc2)CC1. The van der Waals surface area contributed by atoms with Crippen molar-refractivity contribution < 1.29 is 9.18 Å². The fourth-order valence-corrected chi connectivity index (χ4v) is 3.68. The summed E-state index contributed by atoms with van der Waals surface area (Å²) in [6.07, 6.45) is 0. The average Bonchev–Trinajstić information content (AvgIpc) is 2.69. The van der Waals surface area contributed by atoms with Crippen LogP contribution in [-0.2, 0) is 4.79 Å². The zero-order valence-corrected chi connectivity index (χ0v) is 15.6. The first-order valence-electron chi connectivity index (χ1n) is 8.88. The molecule has 0 radical (unpaired) electrons. The van der Waals surface area contributed by atoms with Gasteiger partial charge >= 0.3 is 0 Å². The third-order valence-electron chi connectivity index (χ3n) is 4.43. The minimum atomic E-state index is -0.258. The first-order chi connectivity index (χ1) is 12.7. The van der Waals surface area contributed by atoms with Crippen molar-refractivity contribution in [2.75, 3.05) is 49.9 Å². The lowest BCUT2D eigenvalue weighted by Gasteiger charge is -2.36. The fraction of sp³-hybridized carbons (Fsp3) is 0.350. The topological polar surface area (TPSA) is 35.6 Å². The maximum absolute atomic E-state index is 12.9. The van der Waals surface area contributed by atoms with E-state index in [9.17, 15) is 9.18 Å². The summed E-state index contributed by atoms with van der Waals surface area (Å²) in [5, 5.41) is 2.97. The molecule has 1 fully saturated rings. The third kappa shape index (κ3) is 5.75. The van der Waals surface area contributed by atoms with E-state index in [-0.39, 0.29) is 11.7 Å². The van der Waals surface area contributed by atoms with Gasteiger partial charge in [0, 0.05) is 49.9 Å². The van der Waals surface area contributed by atoms with Crippen LogP contribution in [0.25, 0.3) is 0 Å². The van der Waals surface area contributed by atoms with E-state index in [1.807, 2.05) is 6.07 Å². The van der Waals surface area contributed by atoms with Gasteiger partial charge in [-0.1, -0.05) is 18.2 Å². The summed E-state index contributed by atoms with van der Waals surface area (Å²) in [6, 6.07) is 16.7. The van der Waals surface area contributed by atoms with Crippen LogP contribution in [0.1, 0.15) is 0 Å². The Morgan fingerprint density at radius 3 is 2.38 bits per heavy atom. The van der Waals surface area contributed by atoms with Gasteiger partial charge in [0.05, 0.1) is 5.75 Å². The van der Waals surface area contributed by atoms with Crippen molar-refractivity contribution >= 4 is 23.4 Å². The summed E-state index contributed by atoms with van der Waals surface area (Å²) in [6.45, 7) is 5.57. The number of para-hydroxylation sites is 1. The van der Waals surface area contributed by atoms with E-state index in [1.54, 1.807) is 12.1 Å². The summed E-state index contributed by atoms with van der Waals surface area (Å²) in [5.74, 6) is 0.112. The Bertz CT molecular complexity index is 688. The Labute approximate surface area is 158 Å². The number of hydrogen-bond acceptors (Lipinski definition) is 4. The largest absolute Gasteiger partial charge is 0.369 e. The monoisotopic (exact) mass is 373 g/mol. The minimum absolute atomic E-state index is 0.0160. The highest BCUT2D eigenvalue weighted by molar-refractivity contribution is 8.00. The molecule has 0 saturated carbocycles. The molecule has 2 aromatic carbocycles. The molecule has 138 valence electrons. The van der Waals surface area contributed by atoms with Gasteiger partial charge < -0.3 is 10.2 Å². The van der Waals surface area contributed by atoms with E-state index in [4.69, 9.17) is 0 Å². The Hall–Kier alpha value is -2.05. The van der Waals surface area contributed by atoms with E-state index in [0.29, 0.717) is 12.3 Å². The molecule has 6 heteroatoms. The van der Waals surface area contributed by atoms with Crippen LogP contribution in [0.3, 0.4) is 0 Å². The average molecular weight is 373 g/mol. The van der Waals surface area contributed by atoms with Crippen LogP contribution >= 0.6 is 11.8 Å². The second-order valence-corrected chi connectivity index (χ2v) is 7.31. The van der Waals surface area contributed by atoms with E-state index in [1.165, 1.54) is 29.6 Å². The van der Waals surface area contributed by atoms with Crippen molar-refractivity contribution in [2.45, 2.75) is 4.90 Å². The van der Waals surface area contributed by atoms with Crippen LogP contribution in [0, 0.1) is 5.82 Å². The predicted molar refractivity (Wildman–Crippen MR) is 105 cm³/mol. The molecule has 1 saturated heterocycles. The Kier molecular flexibility index (Phi) is 6.91. The second kappa shape index (κ2) is 9.59.